The fourth-order valence-electron chi connectivity index (χ4n) is 2.78. The SMILES string of the molecule is C=CCN(CC(C)C(=O)O)C1CCCCC1C. The van der Waals surface area contributed by atoms with E-state index in [4.69, 9.17) is 5.11 Å². The van der Waals surface area contributed by atoms with E-state index in [-0.39, 0.29) is 5.92 Å². The molecule has 1 fully saturated rings. The maximum Gasteiger partial charge on any atom is 0.307 e. The van der Waals surface area contributed by atoms with Gasteiger partial charge in [-0.3, -0.25) is 9.69 Å². The first-order valence-electron chi connectivity index (χ1n) is 6.64. The van der Waals surface area contributed by atoms with E-state index in [2.05, 4.69) is 18.4 Å². The predicted octanol–water partition coefficient (Wildman–Crippen LogP) is 2.77. The summed E-state index contributed by atoms with van der Waals surface area (Å²) in [4.78, 5) is 13.3. The molecule has 0 aromatic heterocycles. The maximum atomic E-state index is 11.0. The molecule has 3 nitrogen and oxygen atoms in total. The molecule has 1 N–H and O–H groups in total. The summed E-state index contributed by atoms with van der Waals surface area (Å²) in [7, 11) is 0. The van der Waals surface area contributed by atoms with Crippen LogP contribution in [0.15, 0.2) is 12.7 Å². The summed E-state index contributed by atoms with van der Waals surface area (Å²) < 4.78 is 0. The fraction of sp³-hybridized carbons (Fsp3) is 0.786. The average molecular weight is 239 g/mol. The van der Waals surface area contributed by atoms with Crippen LogP contribution in [0.1, 0.15) is 39.5 Å². The molecule has 0 aromatic carbocycles. The molecule has 0 radical (unpaired) electrons. The van der Waals surface area contributed by atoms with Crippen molar-refractivity contribution >= 4 is 5.97 Å². The van der Waals surface area contributed by atoms with E-state index in [9.17, 15) is 4.79 Å². The van der Waals surface area contributed by atoms with Crippen LogP contribution in [0.4, 0.5) is 0 Å². The predicted molar refractivity (Wildman–Crippen MR) is 70.0 cm³/mol. The Morgan fingerprint density at radius 2 is 2.18 bits per heavy atom. The quantitative estimate of drug-likeness (QED) is 0.725. The number of carboxylic acid groups (broad SMARTS) is 1. The number of hydrogen-bond donors (Lipinski definition) is 1. The molecular weight excluding hydrogens is 214 g/mol. The second kappa shape index (κ2) is 6.80. The molecule has 0 aliphatic heterocycles. The average Bonchev–Trinajstić information content (AvgIpc) is 2.29. The van der Waals surface area contributed by atoms with Gasteiger partial charge in [0, 0.05) is 19.1 Å². The van der Waals surface area contributed by atoms with E-state index in [1.807, 2.05) is 6.08 Å². The molecule has 0 aromatic rings. The van der Waals surface area contributed by atoms with E-state index in [1.54, 1.807) is 6.92 Å². The topological polar surface area (TPSA) is 40.5 Å². The normalized spacial score (nSPS) is 26.8. The van der Waals surface area contributed by atoms with Gasteiger partial charge in [-0.1, -0.05) is 32.8 Å². The van der Waals surface area contributed by atoms with Crippen LogP contribution in [0.5, 0.6) is 0 Å². The molecule has 17 heavy (non-hydrogen) atoms. The zero-order valence-corrected chi connectivity index (χ0v) is 11.1. The Morgan fingerprint density at radius 3 is 2.71 bits per heavy atom. The molecule has 0 spiro atoms. The van der Waals surface area contributed by atoms with Crippen molar-refractivity contribution in [2.24, 2.45) is 11.8 Å². The summed E-state index contributed by atoms with van der Waals surface area (Å²) in [5.41, 5.74) is 0. The summed E-state index contributed by atoms with van der Waals surface area (Å²) in [6.07, 6.45) is 6.93. The van der Waals surface area contributed by atoms with E-state index in [0.29, 0.717) is 18.5 Å². The summed E-state index contributed by atoms with van der Waals surface area (Å²) in [6.45, 7) is 9.28. The molecule has 0 saturated heterocycles. The smallest absolute Gasteiger partial charge is 0.307 e. The van der Waals surface area contributed by atoms with E-state index < -0.39 is 5.97 Å². The Balaban J connectivity index is 2.62. The summed E-state index contributed by atoms with van der Waals surface area (Å²) in [6, 6.07) is 0.531. The highest BCUT2D eigenvalue weighted by Crippen LogP contribution is 2.28. The van der Waals surface area contributed by atoms with E-state index in [1.165, 1.54) is 25.7 Å². The number of rotatable bonds is 6. The Labute approximate surface area is 105 Å². The Morgan fingerprint density at radius 1 is 1.53 bits per heavy atom. The Kier molecular flexibility index (Phi) is 5.69. The third kappa shape index (κ3) is 4.15. The molecule has 0 amide bonds. The first-order chi connectivity index (χ1) is 8.06. The van der Waals surface area contributed by atoms with Gasteiger partial charge in [0.15, 0.2) is 0 Å². The van der Waals surface area contributed by atoms with Gasteiger partial charge in [0.05, 0.1) is 5.92 Å². The minimum Gasteiger partial charge on any atom is -0.481 e. The number of aliphatic carboxylic acids is 1. The van der Waals surface area contributed by atoms with Gasteiger partial charge < -0.3 is 5.11 Å². The van der Waals surface area contributed by atoms with Crippen molar-refractivity contribution < 1.29 is 9.90 Å². The molecule has 1 saturated carbocycles. The minimum atomic E-state index is -0.706. The van der Waals surface area contributed by atoms with Gasteiger partial charge in [0.2, 0.25) is 0 Å². The second-order valence-electron chi connectivity index (χ2n) is 5.31. The molecular formula is C14H25NO2. The van der Waals surface area contributed by atoms with Crippen molar-refractivity contribution in [1.82, 2.24) is 4.90 Å². The highest BCUT2D eigenvalue weighted by atomic mass is 16.4. The molecule has 3 atom stereocenters. The van der Waals surface area contributed by atoms with Crippen molar-refractivity contribution in [3.63, 3.8) is 0 Å². The van der Waals surface area contributed by atoms with Gasteiger partial charge in [-0.15, -0.1) is 6.58 Å². The van der Waals surface area contributed by atoms with Crippen molar-refractivity contribution in [3.05, 3.63) is 12.7 Å². The maximum absolute atomic E-state index is 11.0. The van der Waals surface area contributed by atoms with Crippen molar-refractivity contribution in [3.8, 4) is 0 Å². The van der Waals surface area contributed by atoms with Crippen LogP contribution in [0.3, 0.4) is 0 Å². The van der Waals surface area contributed by atoms with Gasteiger partial charge in [-0.05, 0) is 18.8 Å². The van der Waals surface area contributed by atoms with Gasteiger partial charge in [0.1, 0.15) is 0 Å². The molecule has 0 bridgehead atoms. The minimum absolute atomic E-state index is 0.302. The van der Waals surface area contributed by atoms with Crippen molar-refractivity contribution in [1.29, 1.82) is 0 Å². The fourth-order valence-corrected chi connectivity index (χ4v) is 2.78. The zero-order chi connectivity index (χ0) is 12.8. The molecule has 1 rings (SSSR count). The van der Waals surface area contributed by atoms with Gasteiger partial charge >= 0.3 is 5.97 Å². The second-order valence-corrected chi connectivity index (χ2v) is 5.31. The molecule has 0 heterocycles. The van der Waals surface area contributed by atoms with E-state index in [0.717, 1.165) is 6.54 Å². The standard InChI is InChI=1S/C14H25NO2/c1-4-9-15(10-12(3)14(16)17)13-8-6-5-7-11(13)2/h4,11-13H,1,5-10H2,2-3H3,(H,16,17). The van der Waals surface area contributed by atoms with Crippen LogP contribution in [-0.2, 0) is 4.79 Å². The largest absolute Gasteiger partial charge is 0.481 e. The summed E-state index contributed by atoms with van der Waals surface area (Å²) in [5.74, 6) is -0.337. The number of hydrogen-bond acceptors (Lipinski definition) is 2. The summed E-state index contributed by atoms with van der Waals surface area (Å²) in [5, 5.41) is 9.01. The highest BCUT2D eigenvalue weighted by molar-refractivity contribution is 5.69. The lowest BCUT2D eigenvalue weighted by molar-refractivity contribution is -0.142. The molecule has 1 aliphatic rings. The number of carbonyl (C=O) groups is 1. The molecule has 1 aliphatic carbocycles. The number of nitrogens with zero attached hydrogens (tertiary/aromatic N) is 1. The van der Waals surface area contributed by atoms with Crippen molar-refractivity contribution in [2.75, 3.05) is 13.1 Å². The Bertz CT molecular complexity index is 265. The molecule has 3 heteroatoms. The van der Waals surface area contributed by atoms with Gasteiger partial charge in [-0.25, -0.2) is 0 Å². The molecule has 3 unspecified atom stereocenters. The highest BCUT2D eigenvalue weighted by Gasteiger charge is 2.28. The summed E-state index contributed by atoms with van der Waals surface area (Å²) >= 11 is 0. The van der Waals surface area contributed by atoms with Crippen LogP contribution in [0, 0.1) is 11.8 Å². The first-order valence-corrected chi connectivity index (χ1v) is 6.64. The van der Waals surface area contributed by atoms with Gasteiger partial charge in [0.25, 0.3) is 0 Å². The zero-order valence-electron chi connectivity index (χ0n) is 11.1. The van der Waals surface area contributed by atoms with Crippen LogP contribution in [-0.4, -0.2) is 35.1 Å². The van der Waals surface area contributed by atoms with Crippen LogP contribution >= 0.6 is 0 Å². The lowest BCUT2D eigenvalue weighted by Gasteiger charge is -2.38. The lowest BCUT2D eigenvalue weighted by atomic mass is 9.84. The monoisotopic (exact) mass is 239 g/mol. The van der Waals surface area contributed by atoms with Gasteiger partial charge in [-0.2, -0.15) is 0 Å². The number of carboxylic acids is 1. The van der Waals surface area contributed by atoms with Crippen molar-refractivity contribution in [2.45, 2.75) is 45.6 Å². The Hall–Kier alpha value is -0.830. The lowest BCUT2D eigenvalue weighted by Crippen LogP contribution is -2.44. The third-order valence-electron chi connectivity index (χ3n) is 3.83. The van der Waals surface area contributed by atoms with E-state index >= 15 is 0 Å². The van der Waals surface area contributed by atoms with Crippen LogP contribution < -0.4 is 0 Å². The first kappa shape index (κ1) is 14.2. The third-order valence-corrected chi connectivity index (χ3v) is 3.83. The van der Waals surface area contributed by atoms with Crippen LogP contribution in [0.25, 0.3) is 0 Å². The van der Waals surface area contributed by atoms with Crippen LogP contribution in [0.2, 0.25) is 0 Å². The molecule has 98 valence electrons.